The maximum atomic E-state index is 16.8. The molecule has 2 heterocycles. The lowest BCUT2D eigenvalue weighted by atomic mass is 9.91. The molecule has 0 atom stereocenters. The van der Waals surface area contributed by atoms with Crippen molar-refractivity contribution in [3.8, 4) is 18.2 Å². The van der Waals surface area contributed by atoms with Crippen LogP contribution in [0.5, 0.6) is 0 Å². The summed E-state index contributed by atoms with van der Waals surface area (Å²) in [7, 11) is 0. The van der Waals surface area contributed by atoms with Gasteiger partial charge in [0.25, 0.3) is 35.2 Å². The lowest BCUT2D eigenvalue weighted by molar-refractivity contribution is 0.404. The molecule has 47 heavy (non-hydrogen) atoms. The Morgan fingerprint density at radius 2 is 1.02 bits per heavy atom. The smallest absolute Gasteiger partial charge is 0.237 e. The standard InChI is InChI=1S/C30HF9N8/c1-43-11(6-41)13-9-4-8-10(5-40)14(19-22(32)27(36)46-28(37)23(19)33)17(12(7-42)44-2)15(8)21(31)16(9)26(45-3)18(13)20-24(34)29(38)47-30(39)25(20)35/h4H/b13-11-,17-12-. The molecule has 0 aliphatic heterocycles. The molecule has 5 rings (SSSR count). The van der Waals surface area contributed by atoms with Crippen molar-refractivity contribution in [3.63, 3.8) is 0 Å². The zero-order valence-electron chi connectivity index (χ0n) is 22.1. The summed E-state index contributed by atoms with van der Waals surface area (Å²) in [6.07, 6.45) is 0. The first kappa shape index (κ1) is 31.2. The van der Waals surface area contributed by atoms with Crippen LogP contribution in [0.1, 0.15) is 33.4 Å². The predicted molar refractivity (Wildman–Crippen MR) is 139 cm³/mol. The van der Waals surface area contributed by atoms with E-state index >= 15 is 22.0 Å². The zero-order valence-corrected chi connectivity index (χ0v) is 22.1. The number of nitriles is 3. The fourth-order valence-electron chi connectivity index (χ4n) is 5.17. The molecule has 2 aliphatic carbocycles. The lowest BCUT2D eigenvalue weighted by Crippen LogP contribution is -2.07. The third kappa shape index (κ3) is 4.13. The SMILES string of the molecule is [C-]#[N+]C1=C(c2c(F)c(F)nc(F)c2F)/C(=C(/C#N)[N+]#[C-])c2cc3c(c(F)c21)/C(=C(/C#N)[N+]#[C-])C(c1c(F)c(F)nc(F)c1F)=C3C#N. The quantitative estimate of drug-likeness (QED) is 0.126. The number of benzene rings is 1. The monoisotopic (exact) mass is 644 g/mol. The largest absolute Gasteiger partial charge is 0.270 e. The van der Waals surface area contributed by atoms with Gasteiger partial charge in [-0.2, -0.15) is 32.8 Å². The van der Waals surface area contributed by atoms with Gasteiger partial charge in [0, 0.05) is 27.8 Å². The molecule has 0 fully saturated rings. The van der Waals surface area contributed by atoms with Gasteiger partial charge in [-0.15, -0.1) is 0 Å². The first-order valence-corrected chi connectivity index (χ1v) is 11.9. The molecule has 2 aliphatic rings. The second-order valence-corrected chi connectivity index (χ2v) is 9.02. The maximum absolute atomic E-state index is 16.8. The van der Waals surface area contributed by atoms with Gasteiger partial charge in [-0.3, -0.25) is 0 Å². The minimum atomic E-state index is -2.24. The molecule has 2 aromatic heterocycles. The van der Waals surface area contributed by atoms with E-state index in [0.717, 1.165) is 0 Å². The number of allylic oxidation sites excluding steroid dienone is 7. The highest BCUT2D eigenvalue weighted by molar-refractivity contribution is 6.29. The fraction of sp³-hybridized carbons (Fsp3) is 0. The van der Waals surface area contributed by atoms with Crippen molar-refractivity contribution in [2.45, 2.75) is 0 Å². The van der Waals surface area contributed by atoms with Crippen LogP contribution in [-0.4, -0.2) is 9.97 Å². The topological polar surface area (TPSA) is 110 Å². The van der Waals surface area contributed by atoms with E-state index < -0.39 is 131 Å². The Morgan fingerprint density at radius 3 is 1.43 bits per heavy atom. The normalized spacial score (nSPS) is 15.1. The molecule has 0 saturated carbocycles. The lowest BCUT2D eigenvalue weighted by Gasteiger charge is -2.14. The highest BCUT2D eigenvalue weighted by atomic mass is 19.2. The van der Waals surface area contributed by atoms with E-state index in [2.05, 4.69) is 24.5 Å². The molecule has 0 saturated heterocycles. The number of nitrogens with zero attached hydrogens (tertiary/aromatic N) is 8. The molecule has 0 spiro atoms. The predicted octanol–water partition coefficient (Wildman–Crippen LogP) is 7.29. The summed E-state index contributed by atoms with van der Waals surface area (Å²) < 4.78 is 134. The molecular weight excluding hydrogens is 643 g/mol. The molecule has 3 aromatic rings. The average molecular weight is 644 g/mol. The van der Waals surface area contributed by atoms with E-state index in [4.69, 9.17) is 19.7 Å². The van der Waals surface area contributed by atoms with Crippen molar-refractivity contribution in [1.82, 2.24) is 9.97 Å². The van der Waals surface area contributed by atoms with Crippen molar-refractivity contribution in [2.24, 2.45) is 0 Å². The summed E-state index contributed by atoms with van der Waals surface area (Å²) in [6.45, 7) is 22.4. The van der Waals surface area contributed by atoms with Gasteiger partial charge in [-0.1, -0.05) is 0 Å². The van der Waals surface area contributed by atoms with E-state index in [9.17, 15) is 33.3 Å². The Bertz CT molecular complexity index is 2380. The Kier molecular flexibility index (Phi) is 7.34. The Hall–Kier alpha value is -7.21. The first-order chi connectivity index (χ1) is 22.3. The van der Waals surface area contributed by atoms with Crippen LogP contribution in [0.4, 0.5) is 39.5 Å². The number of hydrogen-bond acceptors (Lipinski definition) is 5. The van der Waals surface area contributed by atoms with E-state index in [-0.39, 0.29) is 0 Å². The maximum Gasteiger partial charge on any atom is 0.270 e. The Labute approximate surface area is 255 Å². The highest BCUT2D eigenvalue weighted by Crippen LogP contribution is 2.57. The van der Waals surface area contributed by atoms with Crippen molar-refractivity contribution >= 4 is 33.6 Å². The van der Waals surface area contributed by atoms with Gasteiger partial charge in [0.1, 0.15) is 11.9 Å². The average Bonchev–Trinajstić information content (AvgIpc) is 3.54. The summed E-state index contributed by atoms with van der Waals surface area (Å²) in [5, 5.41) is 29.4. The van der Waals surface area contributed by atoms with Crippen LogP contribution in [0, 0.1) is 107 Å². The van der Waals surface area contributed by atoms with E-state index in [1.807, 2.05) is 0 Å². The summed E-state index contributed by atoms with van der Waals surface area (Å²) in [5.41, 5.74) is -16.3. The number of hydrogen-bond donors (Lipinski definition) is 0. The Balaban J connectivity index is 2.06. The molecule has 0 radical (unpaired) electrons. The third-order valence-electron chi connectivity index (χ3n) is 6.91. The van der Waals surface area contributed by atoms with Crippen LogP contribution in [0.25, 0.3) is 48.1 Å². The van der Waals surface area contributed by atoms with Crippen molar-refractivity contribution < 1.29 is 39.5 Å². The minimum Gasteiger partial charge on any atom is -0.237 e. The fourth-order valence-corrected chi connectivity index (χ4v) is 5.17. The first-order valence-electron chi connectivity index (χ1n) is 11.9. The number of pyridine rings is 2. The van der Waals surface area contributed by atoms with E-state index in [1.165, 1.54) is 18.2 Å². The van der Waals surface area contributed by atoms with Gasteiger partial charge >= 0.3 is 0 Å². The Morgan fingerprint density at radius 1 is 0.574 bits per heavy atom. The molecule has 0 N–H and O–H groups in total. The van der Waals surface area contributed by atoms with Crippen LogP contribution in [-0.2, 0) is 0 Å². The molecule has 0 bridgehead atoms. The molecule has 224 valence electrons. The van der Waals surface area contributed by atoms with Crippen molar-refractivity contribution in [1.29, 1.82) is 15.8 Å². The van der Waals surface area contributed by atoms with Crippen molar-refractivity contribution in [3.05, 3.63) is 138 Å². The number of halogens is 9. The van der Waals surface area contributed by atoms with Crippen LogP contribution >= 0.6 is 0 Å². The van der Waals surface area contributed by atoms with Crippen LogP contribution < -0.4 is 0 Å². The van der Waals surface area contributed by atoms with Crippen LogP contribution in [0.2, 0.25) is 0 Å². The van der Waals surface area contributed by atoms with Gasteiger partial charge in [0.15, 0.2) is 23.3 Å². The molecule has 0 unspecified atom stereocenters. The summed E-state index contributed by atoms with van der Waals surface area (Å²) in [4.78, 5) is 13.5. The molecule has 8 nitrogen and oxygen atoms in total. The second-order valence-electron chi connectivity index (χ2n) is 9.02. The highest BCUT2D eigenvalue weighted by Gasteiger charge is 2.43. The third-order valence-corrected chi connectivity index (χ3v) is 6.91. The molecule has 1 aromatic carbocycles. The molecular formula is C30HF9N8. The van der Waals surface area contributed by atoms with Crippen LogP contribution in [0.3, 0.4) is 0 Å². The van der Waals surface area contributed by atoms with E-state index in [1.54, 1.807) is 0 Å². The minimum absolute atomic E-state index is 0.654. The number of rotatable bonds is 2. The summed E-state index contributed by atoms with van der Waals surface area (Å²) >= 11 is 0. The van der Waals surface area contributed by atoms with Gasteiger partial charge in [-0.05, 0) is 22.8 Å². The van der Waals surface area contributed by atoms with Gasteiger partial charge in [0.05, 0.1) is 48.6 Å². The van der Waals surface area contributed by atoms with Gasteiger partial charge in [0.2, 0.25) is 5.70 Å². The number of fused-ring (bicyclic) bond motifs is 2. The summed E-state index contributed by atoms with van der Waals surface area (Å²) in [5.74, 6) is -19.7. The van der Waals surface area contributed by atoms with Gasteiger partial charge < -0.3 is 0 Å². The van der Waals surface area contributed by atoms with Crippen molar-refractivity contribution in [2.75, 3.05) is 0 Å². The van der Waals surface area contributed by atoms with E-state index in [0.29, 0.717) is 6.07 Å². The zero-order chi connectivity index (χ0) is 34.6. The number of aromatic nitrogens is 2. The molecule has 17 heteroatoms. The summed E-state index contributed by atoms with van der Waals surface area (Å²) in [6, 6.07) is 4.68. The molecule has 0 amide bonds. The second kappa shape index (κ2) is 11.1. The van der Waals surface area contributed by atoms with Crippen LogP contribution in [0.15, 0.2) is 17.5 Å². The van der Waals surface area contributed by atoms with Gasteiger partial charge in [-0.25, -0.2) is 47.0 Å².